The molecule has 7 heteroatoms. The molecule has 1 fully saturated rings. The second-order valence-electron chi connectivity index (χ2n) is 14.1. The Morgan fingerprint density at radius 2 is 1.57 bits per heavy atom. The second kappa shape index (κ2) is 30.2. The van der Waals surface area contributed by atoms with Crippen molar-refractivity contribution < 1.29 is 0 Å². The third kappa shape index (κ3) is 19.9. The van der Waals surface area contributed by atoms with Crippen LogP contribution in [0, 0.1) is 12.3 Å². The van der Waals surface area contributed by atoms with Crippen molar-refractivity contribution in [3.63, 3.8) is 0 Å². The van der Waals surface area contributed by atoms with E-state index in [2.05, 4.69) is 120 Å². The molecule has 5 nitrogen and oxygen atoms in total. The summed E-state index contributed by atoms with van der Waals surface area (Å²) in [5.41, 5.74) is 9.38. The van der Waals surface area contributed by atoms with Crippen LogP contribution in [-0.2, 0) is 6.42 Å². The number of unbranched alkanes of at least 4 members (excludes halogenated alkanes) is 7. The Balaban J connectivity index is 0.000000963. The van der Waals surface area contributed by atoms with Gasteiger partial charge in [-0.25, -0.2) is 0 Å². The molecule has 1 aromatic carbocycles. The molecule has 1 aliphatic heterocycles. The number of nitrogens with zero attached hydrogens (tertiary/aromatic N) is 3. The van der Waals surface area contributed by atoms with Gasteiger partial charge in [-0.15, -0.1) is 30.4 Å². The van der Waals surface area contributed by atoms with E-state index in [4.69, 9.17) is 4.99 Å². The Morgan fingerprint density at radius 3 is 2.06 bits per heavy atom. The SMILES string of the molecule is C=C.C=C(C)CCCCCCCCCCC1(C)C2=C1C2.C=N/C=C(Br)\C(=N/CNC1CCN(S(=C)C)CC1)Nc1cccc(C)c1CCC.CC.CC. The number of anilines is 1. The molecule has 0 spiro atoms. The predicted molar refractivity (Wildman–Crippen MR) is 251 cm³/mol. The van der Waals surface area contributed by atoms with Crippen LogP contribution in [0.5, 0.6) is 0 Å². The molecule has 1 heterocycles. The van der Waals surface area contributed by atoms with Gasteiger partial charge in [-0.3, -0.25) is 19.6 Å². The van der Waals surface area contributed by atoms with Gasteiger partial charge in [0.2, 0.25) is 0 Å². The Morgan fingerprint density at radius 1 is 1.00 bits per heavy atom. The maximum atomic E-state index is 4.78. The first-order chi connectivity index (χ1) is 25.6. The lowest BCUT2D eigenvalue weighted by atomic mass is 9.85. The molecular weight excluding hydrogens is 735 g/mol. The van der Waals surface area contributed by atoms with Gasteiger partial charge in [0, 0.05) is 36.4 Å². The van der Waals surface area contributed by atoms with Crippen LogP contribution in [0.3, 0.4) is 0 Å². The topological polar surface area (TPSA) is 52.0 Å². The van der Waals surface area contributed by atoms with Crippen LogP contribution in [0.25, 0.3) is 0 Å². The predicted octanol–water partition coefficient (Wildman–Crippen LogP) is 14.0. The van der Waals surface area contributed by atoms with E-state index in [1.165, 1.54) is 87.3 Å². The number of hydrogen-bond donors (Lipinski definition) is 2. The maximum Gasteiger partial charge on any atom is 0.142 e. The minimum Gasteiger partial charge on any atom is -0.339 e. The first-order valence-corrected chi connectivity index (χ1v) is 23.2. The van der Waals surface area contributed by atoms with Crippen LogP contribution < -0.4 is 10.6 Å². The number of rotatable bonds is 20. The van der Waals surface area contributed by atoms with Crippen molar-refractivity contribution in [1.29, 1.82) is 0 Å². The van der Waals surface area contributed by atoms with E-state index in [0.29, 0.717) is 18.1 Å². The van der Waals surface area contributed by atoms with E-state index in [9.17, 15) is 0 Å². The van der Waals surface area contributed by atoms with Gasteiger partial charge < -0.3 is 5.32 Å². The highest BCUT2D eigenvalue weighted by molar-refractivity contribution is 9.12. The molecule has 3 aliphatic rings. The molecule has 1 atom stereocenters. The summed E-state index contributed by atoms with van der Waals surface area (Å²) in [5.74, 6) is 4.92. The summed E-state index contributed by atoms with van der Waals surface area (Å²) >= 11 is 3.59. The van der Waals surface area contributed by atoms with Gasteiger partial charge in [0.1, 0.15) is 5.84 Å². The lowest BCUT2D eigenvalue weighted by molar-refractivity contribution is 0.310. The molecule has 4 rings (SSSR count). The smallest absolute Gasteiger partial charge is 0.142 e. The second-order valence-corrected chi connectivity index (χ2v) is 16.6. The summed E-state index contributed by atoms with van der Waals surface area (Å²) < 4.78 is 3.25. The zero-order valence-electron chi connectivity index (χ0n) is 35.8. The molecule has 0 bridgehead atoms. The summed E-state index contributed by atoms with van der Waals surface area (Å²) in [6.07, 6.45) is 23.8. The standard InChI is InChI=1S/C22H34BrN5S.C18H30.2C2H6.C2H4/c1-6-8-19-17(2)9-7-10-21(19)27-22(20(23)15-24-3)26-16-25-18-11-13-28(14-12-18)29(4)5;1-15(2)12-10-8-6-4-5-7-9-11-13-18(3)16-14-17(16)18;3*1-2/h7,9-10,15,18,25H,3-4,6,8,11-14,16H2,1-2,5H3,(H,26,27);1,4-14H2,2-3H3;2*1-2H3;1-2H2/b20-15+;;;;. The molecule has 1 aromatic rings. The van der Waals surface area contributed by atoms with E-state index < -0.39 is 0 Å². The number of piperidine rings is 1. The quantitative estimate of drug-likeness (QED) is 0.0453. The highest BCUT2D eigenvalue weighted by Crippen LogP contribution is 2.72. The third-order valence-corrected chi connectivity index (χ3v) is 11.8. The molecular formula is C46H80BrN5S. The largest absolute Gasteiger partial charge is 0.339 e. The average Bonchev–Trinajstić information content (AvgIpc) is 4.09. The first kappa shape index (κ1) is 50.9. The van der Waals surface area contributed by atoms with Gasteiger partial charge in [0.25, 0.3) is 0 Å². The molecule has 0 saturated carbocycles. The van der Waals surface area contributed by atoms with Crippen molar-refractivity contribution in [1.82, 2.24) is 9.62 Å². The molecule has 0 radical (unpaired) electrons. The lowest BCUT2D eigenvalue weighted by Gasteiger charge is -2.32. The number of halogens is 1. The van der Waals surface area contributed by atoms with Gasteiger partial charge in [-0.1, -0.05) is 128 Å². The maximum absolute atomic E-state index is 4.78. The zero-order valence-corrected chi connectivity index (χ0v) is 38.2. The number of nitrogens with one attached hydrogen (secondary N) is 2. The van der Waals surface area contributed by atoms with E-state index >= 15 is 0 Å². The monoisotopic (exact) mass is 814 g/mol. The zero-order chi connectivity index (χ0) is 40.2. The minimum absolute atomic E-state index is 0.121. The van der Waals surface area contributed by atoms with Crippen molar-refractivity contribution in [3.8, 4) is 0 Å². The summed E-state index contributed by atoms with van der Waals surface area (Å²) in [6.45, 7) is 33.2. The van der Waals surface area contributed by atoms with Crippen LogP contribution in [-0.4, -0.2) is 54.8 Å². The summed E-state index contributed by atoms with van der Waals surface area (Å²) in [4.78, 5) is 8.67. The molecule has 1 saturated heterocycles. The number of hydrogen-bond acceptors (Lipinski definition) is 4. The van der Waals surface area contributed by atoms with Crippen molar-refractivity contribution >= 4 is 50.7 Å². The highest BCUT2D eigenvalue weighted by atomic mass is 79.9. The average molecular weight is 815 g/mol. The fraction of sp³-hybridized carbons (Fsp3) is 0.630. The van der Waals surface area contributed by atoms with Gasteiger partial charge in [0.15, 0.2) is 0 Å². The van der Waals surface area contributed by atoms with Crippen molar-refractivity contribution in [2.75, 3.05) is 31.3 Å². The molecule has 1 unspecified atom stereocenters. The summed E-state index contributed by atoms with van der Waals surface area (Å²) in [6, 6.07) is 6.84. The number of allylic oxidation sites excluding steroid dienone is 3. The van der Waals surface area contributed by atoms with Crippen LogP contribution in [0.15, 0.2) is 75.3 Å². The van der Waals surface area contributed by atoms with Crippen LogP contribution >= 0.6 is 26.6 Å². The Kier molecular flexibility index (Phi) is 29.0. The Bertz CT molecular complexity index is 1290. The summed E-state index contributed by atoms with van der Waals surface area (Å²) in [5, 5.41) is 7.09. The lowest BCUT2D eigenvalue weighted by Crippen LogP contribution is -2.40. The molecule has 0 amide bonds. The van der Waals surface area contributed by atoms with Gasteiger partial charge in [0.05, 0.1) is 11.2 Å². The van der Waals surface area contributed by atoms with Crippen molar-refractivity contribution in [2.45, 2.75) is 158 Å². The normalized spacial score (nSPS) is 16.5. The number of benzene rings is 1. The van der Waals surface area contributed by atoms with Crippen LogP contribution in [0.2, 0.25) is 0 Å². The highest BCUT2D eigenvalue weighted by Gasteiger charge is 2.58. The first-order valence-electron chi connectivity index (χ1n) is 20.6. The van der Waals surface area contributed by atoms with Crippen molar-refractivity contribution in [3.05, 3.63) is 76.5 Å². The van der Waals surface area contributed by atoms with Gasteiger partial charge in [-0.05, 0) is 105 Å². The van der Waals surface area contributed by atoms with Crippen LogP contribution in [0.1, 0.15) is 149 Å². The van der Waals surface area contributed by atoms with E-state index in [1.54, 1.807) is 6.20 Å². The molecule has 2 aliphatic carbocycles. The number of aryl methyl sites for hydroxylation is 1. The number of aliphatic imine (C=N–C) groups is 2. The van der Waals surface area contributed by atoms with E-state index in [-0.39, 0.29) is 10.7 Å². The van der Waals surface area contributed by atoms with Crippen molar-refractivity contribution in [2.24, 2.45) is 15.4 Å². The third-order valence-electron chi connectivity index (χ3n) is 10.00. The van der Waals surface area contributed by atoms with Gasteiger partial charge in [-0.2, -0.15) is 0 Å². The van der Waals surface area contributed by atoms with Gasteiger partial charge >= 0.3 is 0 Å². The Labute approximate surface area is 339 Å². The Hall–Kier alpha value is -2.06. The number of amidine groups is 1. The molecule has 302 valence electrons. The fourth-order valence-electron chi connectivity index (χ4n) is 6.71. The molecule has 2 N–H and O–H groups in total. The van der Waals surface area contributed by atoms with Crippen LogP contribution in [0.4, 0.5) is 5.69 Å². The fourth-order valence-corrected chi connectivity index (χ4v) is 7.92. The molecule has 53 heavy (non-hydrogen) atoms. The minimum atomic E-state index is 0.121. The summed E-state index contributed by atoms with van der Waals surface area (Å²) in [7, 11) is 0.121. The van der Waals surface area contributed by atoms with E-state index in [0.717, 1.165) is 54.8 Å². The molecule has 0 aromatic heterocycles. The van der Waals surface area contributed by atoms with E-state index in [1.807, 2.05) is 38.8 Å².